The molecule has 172 valence electrons. The van der Waals surface area contributed by atoms with E-state index >= 15 is 0 Å². The predicted octanol–water partition coefficient (Wildman–Crippen LogP) is 5.24. The van der Waals surface area contributed by atoms with Crippen molar-refractivity contribution in [2.45, 2.75) is 30.8 Å². The van der Waals surface area contributed by atoms with Crippen LogP contribution in [0.3, 0.4) is 0 Å². The molecule has 4 rings (SSSR count). The largest absolute Gasteiger partial charge is 0.503 e. The number of oxazole rings is 1. The van der Waals surface area contributed by atoms with Gasteiger partial charge in [-0.2, -0.15) is 0 Å². The quantitative estimate of drug-likeness (QED) is 0.228. The van der Waals surface area contributed by atoms with Crippen molar-refractivity contribution in [2.24, 2.45) is 0 Å². The fourth-order valence-corrected chi connectivity index (χ4v) is 4.56. The van der Waals surface area contributed by atoms with Crippen molar-refractivity contribution in [1.82, 2.24) is 15.0 Å². The van der Waals surface area contributed by atoms with Crippen LogP contribution in [-0.4, -0.2) is 37.8 Å². The molecule has 33 heavy (non-hydrogen) atoms. The predicted molar refractivity (Wildman–Crippen MR) is 123 cm³/mol. The van der Waals surface area contributed by atoms with E-state index in [9.17, 15) is 19.0 Å². The van der Waals surface area contributed by atoms with Gasteiger partial charge in [-0.05, 0) is 26.0 Å². The van der Waals surface area contributed by atoms with E-state index in [1.54, 1.807) is 24.6 Å². The van der Waals surface area contributed by atoms with Crippen molar-refractivity contribution in [3.8, 4) is 27.8 Å². The summed E-state index contributed by atoms with van der Waals surface area (Å²) in [5, 5.41) is 25.2. The maximum atomic E-state index is 14.1. The van der Waals surface area contributed by atoms with E-state index in [0.717, 1.165) is 28.4 Å². The van der Waals surface area contributed by atoms with Gasteiger partial charge in [-0.25, -0.2) is 23.7 Å². The molecule has 0 aliphatic heterocycles. The van der Waals surface area contributed by atoms with E-state index in [0.29, 0.717) is 11.5 Å². The molecule has 11 heteroatoms. The van der Waals surface area contributed by atoms with Gasteiger partial charge in [-0.1, -0.05) is 23.9 Å². The van der Waals surface area contributed by atoms with Gasteiger partial charge < -0.3 is 19.9 Å². The molecule has 0 bridgehead atoms. The lowest BCUT2D eigenvalue weighted by atomic mass is 10.2. The second kappa shape index (κ2) is 9.86. The molecular weight excluding hydrogens is 470 g/mol. The molecule has 4 aromatic rings. The van der Waals surface area contributed by atoms with Crippen LogP contribution in [0, 0.1) is 18.6 Å². The molecule has 0 amide bonds. The molecule has 0 saturated heterocycles. The highest BCUT2D eigenvalue weighted by Crippen LogP contribution is 2.39. The number of aliphatic hydroxyl groups excluding tert-OH is 1. The van der Waals surface area contributed by atoms with Gasteiger partial charge >= 0.3 is 0 Å². The van der Waals surface area contributed by atoms with E-state index in [2.05, 4.69) is 20.3 Å². The second-order valence-electron chi connectivity index (χ2n) is 7.28. The molecule has 1 atom stereocenters. The number of aryl methyl sites for hydroxylation is 1. The van der Waals surface area contributed by atoms with Gasteiger partial charge in [0.2, 0.25) is 5.89 Å². The number of thioether (sulfide) groups is 1. The number of aliphatic hydroxyl groups is 1. The molecule has 0 fully saturated rings. The van der Waals surface area contributed by atoms with Crippen LogP contribution in [0.4, 0.5) is 14.6 Å². The number of aromatic hydroxyl groups is 1. The molecule has 3 aromatic heterocycles. The van der Waals surface area contributed by atoms with Gasteiger partial charge in [0, 0.05) is 28.3 Å². The zero-order chi connectivity index (χ0) is 23.5. The first-order valence-electron chi connectivity index (χ1n) is 9.91. The summed E-state index contributed by atoms with van der Waals surface area (Å²) < 4.78 is 33.0. The second-order valence-corrected chi connectivity index (χ2v) is 9.13. The Kier molecular flexibility index (Phi) is 6.91. The summed E-state index contributed by atoms with van der Waals surface area (Å²) in [5.74, 6) is -1.35. The fraction of sp³-hybridized carbons (Fsp3) is 0.227. The van der Waals surface area contributed by atoms with E-state index in [1.165, 1.54) is 23.5 Å². The summed E-state index contributed by atoms with van der Waals surface area (Å²) in [4.78, 5) is 13.8. The highest BCUT2D eigenvalue weighted by atomic mass is 32.2. The van der Waals surface area contributed by atoms with Crippen LogP contribution in [0.2, 0.25) is 0 Å². The molecule has 0 aliphatic carbocycles. The van der Waals surface area contributed by atoms with E-state index in [-0.39, 0.29) is 46.4 Å². The van der Waals surface area contributed by atoms with Crippen molar-refractivity contribution in [1.29, 1.82) is 0 Å². The number of anilines is 1. The molecule has 3 heterocycles. The molecule has 7 nitrogen and oxygen atoms in total. The van der Waals surface area contributed by atoms with Gasteiger partial charge in [0.1, 0.15) is 12.0 Å². The number of benzene rings is 1. The lowest BCUT2D eigenvalue weighted by Gasteiger charge is -2.15. The number of hydrogen-bond donors (Lipinski definition) is 3. The maximum absolute atomic E-state index is 14.1. The first kappa shape index (κ1) is 23.1. The number of hydrogen-bond acceptors (Lipinski definition) is 9. The highest BCUT2D eigenvalue weighted by molar-refractivity contribution is 7.98. The molecule has 0 spiro atoms. The Hall–Kier alpha value is -3.02. The summed E-state index contributed by atoms with van der Waals surface area (Å²) in [7, 11) is 0. The normalized spacial score (nSPS) is 12.2. The van der Waals surface area contributed by atoms with Gasteiger partial charge in [-0.3, -0.25) is 0 Å². The summed E-state index contributed by atoms with van der Waals surface area (Å²) in [6, 6.07) is 5.39. The van der Waals surface area contributed by atoms with Crippen LogP contribution < -0.4 is 5.32 Å². The lowest BCUT2D eigenvalue weighted by Crippen LogP contribution is -2.20. The molecule has 3 N–H and O–H groups in total. The standard InChI is InChI=1S/C22H20F2N4O3S2/c1-11(7-29)25-20-19(30)18(14-6-16(32-10-14)21-26-12(2)8-31-21)27-22(28-20)33-9-13-4-3-5-15(23)17(13)24/h3-6,8,10-11,29-30H,7,9H2,1-2H3,(H,25,27,28)/t11-/m1/s1. The van der Waals surface area contributed by atoms with Gasteiger partial charge in [0.15, 0.2) is 28.4 Å². The van der Waals surface area contributed by atoms with Crippen LogP contribution in [0.5, 0.6) is 5.75 Å². The fourth-order valence-electron chi connectivity index (χ4n) is 2.92. The Morgan fingerprint density at radius 3 is 2.79 bits per heavy atom. The van der Waals surface area contributed by atoms with Crippen LogP contribution in [0.25, 0.3) is 22.0 Å². The Morgan fingerprint density at radius 2 is 2.06 bits per heavy atom. The van der Waals surface area contributed by atoms with E-state index in [1.807, 2.05) is 6.92 Å². The Labute approximate surface area is 196 Å². The van der Waals surface area contributed by atoms with Crippen LogP contribution in [0.15, 0.2) is 45.5 Å². The molecule has 0 radical (unpaired) electrons. The molecular formula is C22H20F2N4O3S2. The number of nitrogens with zero attached hydrogens (tertiary/aromatic N) is 3. The van der Waals surface area contributed by atoms with Crippen LogP contribution >= 0.6 is 23.1 Å². The third-order valence-corrected chi connectivity index (χ3v) is 6.43. The molecule has 0 unspecified atom stereocenters. The number of aromatic nitrogens is 3. The smallest absolute Gasteiger partial charge is 0.236 e. The average molecular weight is 491 g/mol. The molecule has 1 aromatic carbocycles. The van der Waals surface area contributed by atoms with E-state index < -0.39 is 11.6 Å². The first-order chi connectivity index (χ1) is 15.9. The van der Waals surface area contributed by atoms with Crippen molar-refractivity contribution < 1.29 is 23.4 Å². The van der Waals surface area contributed by atoms with Crippen molar-refractivity contribution >= 4 is 28.9 Å². The summed E-state index contributed by atoms with van der Waals surface area (Å²) in [5.41, 5.74) is 1.79. The van der Waals surface area contributed by atoms with Gasteiger partial charge in [0.05, 0.1) is 17.2 Å². The maximum Gasteiger partial charge on any atom is 0.236 e. The van der Waals surface area contributed by atoms with Gasteiger partial charge in [0.25, 0.3) is 0 Å². The highest BCUT2D eigenvalue weighted by Gasteiger charge is 2.20. The molecule has 0 saturated carbocycles. The number of rotatable bonds is 8. The van der Waals surface area contributed by atoms with Crippen molar-refractivity contribution in [2.75, 3.05) is 11.9 Å². The third-order valence-electron chi connectivity index (χ3n) is 4.61. The molecule has 0 aliphatic rings. The SMILES string of the molecule is Cc1coc(-c2cc(-c3nc(SCc4cccc(F)c4F)nc(N[C@H](C)CO)c3O)cs2)n1. The zero-order valence-corrected chi connectivity index (χ0v) is 19.3. The minimum Gasteiger partial charge on any atom is -0.503 e. The van der Waals surface area contributed by atoms with E-state index in [4.69, 9.17) is 4.42 Å². The summed E-state index contributed by atoms with van der Waals surface area (Å²) >= 11 is 2.48. The topological polar surface area (TPSA) is 104 Å². The summed E-state index contributed by atoms with van der Waals surface area (Å²) in [6.45, 7) is 3.37. The van der Waals surface area contributed by atoms with Crippen LogP contribution in [0.1, 0.15) is 18.2 Å². The Bertz CT molecular complexity index is 1280. The zero-order valence-electron chi connectivity index (χ0n) is 17.7. The Balaban J connectivity index is 1.69. The minimum absolute atomic E-state index is 0.0906. The van der Waals surface area contributed by atoms with Crippen molar-refractivity contribution in [3.63, 3.8) is 0 Å². The number of nitrogens with one attached hydrogen (secondary N) is 1. The number of halogens is 2. The third kappa shape index (κ3) is 5.15. The van der Waals surface area contributed by atoms with Crippen molar-refractivity contribution in [3.05, 3.63) is 58.8 Å². The van der Waals surface area contributed by atoms with Crippen LogP contribution in [-0.2, 0) is 5.75 Å². The number of thiophene rings is 1. The lowest BCUT2D eigenvalue weighted by molar-refractivity contribution is 0.281. The Morgan fingerprint density at radius 1 is 1.24 bits per heavy atom. The first-order valence-corrected chi connectivity index (χ1v) is 11.8. The average Bonchev–Trinajstić information content (AvgIpc) is 3.45. The van der Waals surface area contributed by atoms with Gasteiger partial charge in [-0.15, -0.1) is 11.3 Å². The minimum atomic E-state index is -0.924. The monoisotopic (exact) mass is 490 g/mol. The summed E-state index contributed by atoms with van der Waals surface area (Å²) in [6.07, 6.45) is 1.55.